The number of amides is 1. The van der Waals surface area contributed by atoms with E-state index in [0.29, 0.717) is 11.8 Å². The molecule has 0 spiro atoms. The number of aryl methyl sites for hydroxylation is 1. The maximum atomic E-state index is 12.6. The molecule has 1 amide bonds. The molecule has 0 saturated carbocycles. The summed E-state index contributed by atoms with van der Waals surface area (Å²) in [6, 6.07) is 3.16. The van der Waals surface area contributed by atoms with Gasteiger partial charge < -0.3 is 5.32 Å². The molecule has 0 aromatic carbocycles. The van der Waals surface area contributed by atoms with E-state index >= 15 is 0 Å². The van der Waals surface area contributed by atoms with E-state index in [0.717, 1.165) is 0 Å². The molecule has 0 aliphatic rings. The molecule has 1 aromatic heterocycles. The lowest BCUT2D eigenvalue weighted by Crippen LogP contribution is -2.32. The number of hydrogen-bond donors (Lipinski definition) is 1. The Morgan fingerprint density at radius 2 is 2.25 bits per heavy atom. The van der Waals surface area contributed by atoms with Crippen molar-refractivity contribution in [3.63, 3.8) is 0 Å². The van der Waals surface area contributed by atoms with Crippen LogP contribution in [0.15, 0.2) is 12.1 Å². The lowest BCUT2D eigenvalue weighted by atomic mass is 10.3. The fraction of sp³-hybridized carbons (Fsp3) is 0.222. The Kier molecular flexibility index (Phi) is 3.40. The summed E-state index contributed by atoms with van der Waals surface area (Å²) < 4.78 is 25.2. The Bertz CT molecular complexity index is 450. The Balaban J connectivity index is 2.90. The number of rotatable bonds is 2. The van der Waals surface area contributed by atoms with Gasteiger partial charge in [0.05, 0.1) is 0 Å². The largest absolute Gasteiger partial charge is 0.408 e. The monoisotopic (exact) mass is 245 g/mol. The summed E-state index contributed by atoms with van der Waals surface area (Å²) >= 11 is 5.57. The van der Waals surface area contributed by atoms with Crippen LogP contribution in [0.1, 0.15) is 5.69 Å². The molecule has 84 valence electrons. The van der Waals surface area contributed by atoms with Crippen molar-refractivity contribution < 1.29 is 13.6 Å². The number of nitrogens with zero attached hydrogens (tertiary/aromatic N) is 2. The van der Waals surface area contributed by atoms with Gasteiger partial charge in [0.2, 0.25) is 0 Å². The van der Waals surface area contributed by atoms with Gasteiger partial charge in [0.15, 0.2) is 0 Å². The lowest BCUT2D eigenvalue weighted by Gasteiger charge is -2.09. The Hall–Kier alpha value is -1.74. The van der Waals surface area contributed by atoms with Crippen molar-refractivity contribution in [2.75, 3.05) is 5.32 Å². The molecular weight excluding hydrogens is 240 g/mol. The third-order valence-electron chi connectivity index (χ3n) is 1.61. The highest BCUT2D eigenvalue weighted by Gasteiger charge is 2.38. The van der Waals surface area contributed by atoms with Crippen molar-refractivity contribution in [2.45, 2.75) is 12.8 Å². The molecule has 1 N–H and O–H groups in total. The van der Waals surface area contributed by atoms with Crippen molar-refractivity contribution in [1.82, 2.24) is 4.98 Å². The van der Waals surface area contributed by atoms with E-state index < -0.39 is 11.8 Å². The second-order valence-corrected chi connectivity index (χ2v) is 3.35. The van der Waals surface area contributed by atoms with Gasteiger partial charge in [-0.25, -0.2) is 4.98 Å². The van der Waals surface area contributed by atoms with Crippen molar-refractivity contribution in [3.05, 3.63) is 23.0 Å². The molecule has 1 heterocycles. The summed E-state index contributed by atoms with van der Waals surface area (Å²) in [5.74, 6) is -5.76. The fourth-order valence-corrected chi connectivity index (χ4v) is 1.21. The number of nitriles is 1. The van der Waals surface area contributed by atoms with Crippen LogP contribution in [0.3, 0.4) is 0 Å². The van der Waals surface area contributed by atoms with E-state index in [9.17, 15) is 13.6 Å². The van der Waals surface area contributed by atoms with Crippen LogP contribution in [0.2, 0.25) is 5.15 Å². The van der Waals surface area contributed by atoms with Crippen LogP contribution in [-0.4, -0.2) is 16.8 Å². The highest BCUT2D eigenvalue weighted by atomic mass is 35.5. The number of hydrogen-bond acceptors (Lipinski definition) is 3. The van der Waals surface area contributed by atoms with Crippen LogP contribution in [-0.2, 0) is 4.79 Å². The van der Waals surface area contributed by atoms with Gasteiger partial charge in [-0.05, 0) is 19.1 Å². The van der Waals surface area contributed by atoms with Gasteiger partial charge in [-0.15, -0.1) is 0 Å². The topological polar surface area (TPSA) is 65.8 Å². The molecule has 0 atom stereocenters. The zero-order valence-corrected chi connectivity index (χ0v) is 8.85. The van der Waals surface area contributed by atoms with Crippen molar-refractivity contribution in [2.24, 2.45) is 0 Å². The second kappa shape index (κ2) is 4.41. The first-order chi connectivity index (χ1) is 7.35. The Labute approximate surface area is 94.8 Å². The predicted molar refractivity (Wildman–Crippen MR) is 53.2 cm³/mol. The molecule has 0 bridgehead atoms. The van der Waals surface area contributed by atoms with Crippen molar-refractivity contribution in [1.29, 1.82) is 5.26 Å². The zero-order valence-electron chi connectivity index (χ0n) is 8.09. The van der Waals surface area contributed by atoms with E-state index in [1.165, 1.54) is 12.1 Å². The number of alkyl halides is 2. The molecule has 0 radical (unpaired) electrons. The molecule has 1 aromatic rings. The van der Waals surface area contributed by atoms with Gasteiger partial charge in [0, 0.05) is 11.4 Å². The molecular formula is C9H6ClF2N3O. The fourth-order valence-electron chi connectivity index (χ4n) is 0.961. The molecule has 0 saturated heterocycles. The molecule has 0 unspecified atom stereocenters. The normalized spacial score (nSPS) is 10.7. The number of carbonyl (C=O) groups is 1. The SMILES string of the molecule is Cc1cc(NC(=O)C(F)(F)C#N)cc(Cl)n1. The summed E-state index contributed by atoms with van der Waals surface area (Å²) in [7, 11) is 0. The van der Waals surface area contributed by atoms with Crippen LogP contribution >= 0.6 is 11.6 Å². The van der Waals surface area contributed by atoms with Crippen LogP contribution in [0, 0.1) is 18.3 Å². The van der Waals surface area contributed by atoms with E-state index in [1.54, 1.807) is 6.92 Å². The maximum Gasteiger partial charge on any atom is 0.408 e. The summed E-state index contributed by atoms with van der Waals surface area (Å²) in [4.78, 5) is 14.7. The van der Waals surface area contributed by atoms with Gasteiger partial charge in [-0.3, -0.25) is 4.79 Å². The Morgan fingerprint density at radius 3 is 2.75 bits per heavy atom. The average Bonchev–Trinajstić information content (AvgIpc) is 2.15. The van der Waals surface area contributed by atoms with E-state index in [4.69, 9.17) is 16.9 Å². The summed E-state index contributed by atoms with van der Waals surface area (Å²) in [5.41, 5.74) is 0.528. The van der Waals surface area contributed by atoms with Gasteiger partial charge in [-0.2, -0.15) is 14.0 Å². The highest BCUT2D eigenvalue weighted by molar-refractivity contribution is 6.29. The summed E-state index contributed by atoms with van der Waals surface area (Å²) in [5, 5.41) is 10.00. The number of pyridine rings is 1. The smallest absolute Gasteiger partial charge is 0.320 e. The minimum Gasteiger partial charge on any atom is -0.320 e. The van der Waals surface area contributed by atoms with Crippen molar-refractivity contribution in [3.8, 4) is 6.07 Å². The first-order valence-electron chi connectivity index (χ1n) is 4.10. The van der Waals surface area contributed by atoms with Crippen LogP contribution in [0.25, 0.3) is 0 Å². The van der Waals surface area contributed by atoms with Crippen molar-refractivity contribution >= 4 is 23.2 Å². The lowest BCUT2D eigenvalue weighted by molar-refractivity contribution is -0.132. The molecule has 7 heteroatoms. The maximum absolute atomic E-state index is 12.6. The van der Waals surface area contributed by atoms with Crippen LogP contribution in [0.5, 0.6) is 0 Å². The van der Waals surface area contributed by atoms with Crippen LogP contribution < -0.4 is 5.32 Å². The highest BCUT2D eigenvalue weighted by Crippen LogP contribution is 2.19. The zero-order chi connectivity index (χ0) is 12.3. The standard InChI is InChI=1S/C9H6ClF2N3O/c1-5-2-6(3-7(10)14-5)15-8(16)9(11,12)4-13/h2-3H,1H3,(H,14,15,16). The average molecular weight is 246 g/mol. The molecule has 1 rings (SSSR count). The van der Waals surface area contributed by atoms with Gasteiger partial charge >= 0.3 is 11.8 Å². The number of halogens is 3. The summed E-state index contributed by atoms with van der Waals surface area (Å²) in [6.07, 6.45) is 0. The molecule has 0 aliphatic carbocycles. The van der Waals surface area contributed by atoms with E-state index in [2.05, 4.69) is 4.98 Å². The minimum absolute atomic E-state index is 0.0653. The number of anilines is 1. The second-order valence-electron chi connectivity index (χ2n) is 2.96. The molecule has 4 nitrogen and oxygen atoms in total. The molecule has 16 heavy (non-hydrogen) atoms. The quantitative estimate of drug-likeness (QED) is 0.812. The third kappa shape index (κ3) is 2.87. The first-order valence-corrected chi connectivity index (χ1v) is 4.47. The van der Waals surface area contributed by atoms with Gasteiger partial charge in [0.25, 0.3) is 0 Å². The number of aromatic nitrogens is 1. The molecule has 0 aliphatic heterocycles. The Morgan fingerprint density at radius 1 is 1.62 bits per heavy atom. The number of nitrogens with one attached hydrogen (secondary N) is 1. The van der Waals surface area contributed by atoms with Gasteiger partial charge in [-0.1, -0.05) is 11.6 Å². The molecule has 0 fully saturated rings. The predicted octanol–water partition coefficient (Wildman–Crippen LogP) is 2.14. The van der Waals surface area contributed by atoms with Gasteiger partial charge in [0.1, 0.15) is 11.2 Å². The van der Waals surface area contributed by atoms with Crippen LogP contribution in [0.4, 0.5) is 14.5 Å². The summed E-state index contributed by atoms with van der Waals surface area (Å²) in [6.45, 7) is 1.59. The number of carbonyl (C=O) groups excluding carboxylic acids is 1. The van der Waals surface area contributed by atoms with E-state index in [1.807, 2.05) is 5.32 Å². The third-order valence-corrected chi connectivity index (χ3v) is 1.80. The van der Waals surface area contributed by atoms with E-state index in [-0.39, 0.29) is 10.8 Å². The first kappa shape index (κ1) is 12.3. The minimum atomic E-state index is -4.07.